The third-order valence-corrected chi connectivity index (χ3v) is 6.30. The van der Waals surface area contributed by atoms with Crippen LogP contribution in [0.15, 0.2) is 91.3 Å². The lowest BCUT2D eigenvalue weighted by molar-refractivity contribution is 0.0642. The van der Waals surface area contributed by atoms with Crippen LogP contribution in [0.2, 0.25) is 10.0 Å². The molecule has 0 atom stereocenters. The molecule has 2 heterocycles. The van der Waals surface area contributed by atoms with Gasteiger partial charge in [0.1, 0.15) is 0 Å². The lowest BCUT2D eigenvalue weighted by Crippen LogP contribution is -2.29. The van der Waals surface area contributed by atoms with Crippen molar-refractivity contribution in [2.75, 3.05) is 0 Å². The fraction of sp³-hybridized carbons (Fsp3) is 0.0741. The predicted octanol–water partition coefficient (Wildman–Crippen LogP) is 6.36. The number of pyridine rings is 1. The van der Waals surface area contributed by atoms with E-state index in [1.54, 1.807) is 24.5 Å². The molecule has 3 aromatic carbocycles. The Bertz CT molecular complexity index is 1290. The van der Waals surface area contributed by atoms with Gasteiger partial charge in [0.2, 0.25) is 0 Å². The Hall–Kier alpha value is -3.47. The molecule has 4 aromatic rings. The van der Waals surface area contributed by atoms with Crippen molar-refractivity contribution in [1.82, 2.24) is 9.88 Å². The second kappa shape index (κ2) is 8.81. The standard InChI is InChI=1S/C27H18Cl2N2O2/c28-21-8-3-18(4-9-21)25(19-5-10-22(29)11-6-19)20-7-12-23-24(14-20)27(33)31(26(23)32)16-17-2-1-13-30-15-17/h1-15,25H,16H2. The number of imide groups is 1. The quantitative estimate of drug-likeness (QED) is 0.250. The molecule has 6 heteroatoms. The predicted molar refractivity (Wildman–Crippen MR) is 129 cm³/mol. The van der Waals surface area contributed by atoms with Crippen LogP contribution in [-0.4, -0.2) is 21.7 Å². The summed E-state index contributed by atoms with van der Waals surface area (Å²) < 4.78 is 0. The molecule has 0 bridgehead atoms. The highest BCUT2D eigenvalue weighted by Crippen LogP contribution is 2.36. The van der Waals surface area contributed by atoms with Crippen molar-refractivity contribution < 1.29 is 9.59 Å². The molecule has 4 nitrogen and oxygen atoms in total. The summed E-state index contributed by atoms with van der Waals surface area (Å²) in [6.45, 7) is 0.188. The van der Waals surface area contributed by atoms with Gasteiger partial charge < -0.3 is 0 Å². The number of benzene rings is 3. The van der Waals surface area contributed by atoms with Gasteiger partial charge in [0, 0.05) is 28.4 Å². The van der Waals surface area contributed by atoms with Gasteiger partial charge in [-0.25, -0.2) is 0 Å². The first-order valence-electron chi connectivity index (χ1n) is 10.4. The molecule has 5 rings (SSSR count). The van der Waals surface area contributed by atoms with Gasteiger partial charge in [-0.1, -0.05) is 59.6 Å². The molecular weight excluding hydrogens is 455 g/mol. The van der Waals surface area contributed by atoms with E-state index >= 15 is 0 Å². The maximum Gasteiger partial charge on any atom is 0.261 e. The van der Waals surface area contributed by atoms with E-state index < -0.39 is 0 Å². The minimum Gasteiger partial charge on any atom is -0.270 e. The Kier molecular flexibility index (Phi) is 5.71. The first-order valence-corrected chi connectivity index (χ1v) is 11.2. The minimum absolute atomic E-state index is 0.153. The van der Waals surface area contributed by atoms with Crippen LogP contribution in [0, 0.1) is 0 Å². The molecule has 0 aliphatic carbocycles. The number of nitrogens with zero attached hydrogens (tertiary/aromatic N) is 2. The molecule has 0 saturated heterocycles. The summed E-state index contributed by atoms with van der Waals surface area (Å²) in [5.74, 6) is -0.744. The SMILES string of the molecule is O=C1c2ccc(C(c3ccc(Cl)cc3)c3ccc(Cl)cc3)cc2C(=O)N1Cc1cccnc1. The largest absolute Gasteiger partial charge is 0.270 e. The van der Waals surface area contributed by atoms with E-state index in [4.69, 9.17) is 23.2 Å². The highest BCUT2D eigenvalue weighted by molar-refractivity contribution is 6.30. The Labute approximate surface area is 201 Å². The summed E-state index contributed by atoms with van der Waals surface area (Å²) in [6.07, 6.45) is 3.32. The second-order valence-electron chi connectivity index (χ2n) is 7.90. The first-order chi connectivity index (χ1) is 16.0. The van der Waals surface area contributed by atoms with E-state index in [1.165, 1.54) is 4.90 Å². The number of carbonyl (C=O) groups is 2. The highest BCUT2D eigenvalue weighted by atomic mass is 35.5. The van der Waals surface area contributed by atoms with E-state index in [0.717, 1.165) is 22.3 Å². The van der Waals surface area contributed by atoms with Crippen molar-refractivity contribution in [1.29, 1.82) is 0 Å². The molecule has 1 aliphatic rings. The summed E-state index contributed by atoms with van der Waals surface area (Å²) in [5, 5.41) is 1.30. The molecule has 1 aliphatic heterocycles. The van der Waals surface area contributed by atoms with Crippen LogP contribution in [0.1, 0.15) is 48.9 Å². The topological polar surface area (TPSA) is 50.3 Å². The number of halogens is 2. The summed E-state index contributed by atoms with van der Waals surface area (Å²) in [5.41, 5.74) is 4.57. The van der Waals surface area contributed by atoms with E-state index in [2.05, 4.69) is 4.98 Å². The lowest BCUT2D eigenvalue weighted by Gasteiger charge is -2.19. The molecular formula is C27H18Cl2N2O2. The van der Waals surface area contributed by atoms with Crippen LogP contribution in [0.25, 0.3) is 0 Å². The monoisotopic (exact) mass is 472 g/mol. The van der Waals surface area contributed by atoms with Crippen LogP contribution in [0.5, 0.6) is 0 Å². The Balaban J connectivity index is 1.55. The average Bonchev–Trinajstić information content (AvgIpc) is 3.07. The summed E-state index contributed by atoms with van der Waals surface area (Å²) in [7, 11) is 0. The lowest BCUT2D eigenvalue weighted by atomic mass is 9.84. The zero-order valence-electron chi connectivity index (χ0n) is 17.4. The molecule has 0 saturated carbocycles. The van der Waals surface area contributed by atoms with Crippen LogP contribution < -0.4 is 0 Å². The number of hydrogen-bond donors (Lipinski definition) is 0. The number of aromatic nitrogens is 1. The van der Waals surface area contributed by atoms with E-state index in [9.17, 15) is 9.59 Å². The Morgan fingerprint density at radius 2 is 1.30 bits per heavy atom. The van der Waals surface area contributed by atoms with Crippen molar-refractivity contribution in [3.8, 4) is 0 Å². The molecule has 33 heavy (non-hydrogen) atoms. The highest BCUT2D eigenvalue weighted by Gasteiger charge is 2.36. The summed E-state index contributed by atoms with van der Waals surface area (Å²) in [4.78, 5) is 31.5. The number of amides is 2. The van der Waals surface area contributed by atoms with Gasteiger partial charge in [-0.2, -0.15) is 0 Å². The molecule has 0 N–H and O–H groups in total. The van der Waals surface area contributed by atoms with Gasteiger partial charge in [-0.3, -0.25) is 19.5 Å². The third kappa shape index (κ3) is 4.15. The van der Waals surface area contributed by atoms with Crippen molar-refractivity contribution in [3.63, 3.8) is 0 Å². The van der Waals surface area contributed by atoms with Gasteiger partial charge in [0.05, 0.1) is 17.7 Å². The smallest absolute Gasteiger partial charge is 0.261 e. The van der Waals surface area contributed by atoms with Crippen molar-refractivity contribution in [2.24, 2.45) is 0 Å². The molecule has 0 unspecified atom stereocenters. The Morgan fingerprint density at radius 1 is 0.727 bits per heavy atom. The fourth-order valence-electron chi connectivity index (χ4n) is 4.19. The average molecular weight is 473 g/mol. The van der Waals surface area contributed by atoms with Gasteiger partial charge in [-0.05, 0) is 64.7 Å². The van der Waals surface area contributed by atoms with Gasteiger partial charge in [-0.15, -0.1) is 0 Å². The van der Waals surface area contributed by atoms with Crippen LogP contribution >= 0.6 is 23.2 Å². The molecule has 0 radical (unpaired) electrons. The molecule has 1 aromatic heterocycles. The molecule has 162 valence electrons. The van der Waals surface area contributed by atoms with E-state index in [0.29, 0.717) is 21.2 Å². The summed E-state index contributed by atoms with van der Waals surface area (Å²) >= 11 is 12.2. The van der Waals surface area contributed by atoms with E-state index in [-0.39, 0.29) is 24.3 Å². The minimum atomic E-state index is -0.299. The molecule has 0 fully saturated rings. The maximum absolute atomic E-state index is 13.2. The third-order valence-electron chi connectivity index (χ3n) is 5.80. The normalized spacial score (nSPS) is 13.0. The second-order valence-corrected chi connectivity index (χ2v) is 8.77. The first kappa shape index (κ1) is 21.4. The van der Waals surface area contributed by atoms with Crippen molar-refractivity contribution >= 4 is 35.0 Å². The van der Waals surface area contributed by atoms with Crippen LogP contribution in [-0.2, 0) is 6.54 Å². The Morgan fingerprint density at radius 3 is 1.88 bits per heavy atom. The fourth-order valence-corrected chi connectivity index (χ4v) is 4.45. The number of fused-ring (bicyclic) bond motifs is 1. The molecule has 0 spiro atoms. The van der Waals surface area contributed by atoms with Crippen LogP contribution in [0.4, 0.5) is 0 Å². The van der Waals surface area contributed by atoms with Crippen LogP contribution in [0.3, 0.4) is 0 Å². The van der Waals surface area contributed by atoms with Gasteiger partial charge in [0.15, 0.2) is 0 Å². The zero-order valence-corrected chi connectivity index (χ0v) is 18.9. The van der Waals surface area contributed by atoms with Crippen molar-refractivity contribution in [3.05, 3.63) is 135 Å². The number of hydrogen-bond acceptors (Lipinski definition) is 3. The molecule has 2 amide bonds. The maximum atomic E-state index is 13.2. The zero-order chi connectivity index (χ0) is 22.9. The summed E-state index contributed by atoms with van der Waals surface area (Å²) in [6, 6.07) is 24.4. The van der Waals surface area contributed by atoms with Gasteiger partial charge >= 0.3 is 0 Å². The van der Waals surface area contributed by atoms with Gasteiger partial charge in [0.25, 0.3) is 11.8 Å². The number of rotatable bonds is 5. The number of carbonyl (C=O) groups excluding carboxylic acids is 2. The van der Waals surface area contributed by atoms with E-state index in [1.807, 2.05) is 66.7 Å². The van der Waals surface area contributed by atoms with Crippen molar-refractivity contribution in [2.45, 2.75) is 12.5 Å².